The van der Waals surface area contributed by atoms with E-state index in [2.05, 4.69) is 51.7 Å². The third-order valence-corrected chi connectivity index (χ3v) is 7.40. The number of thiophene rings is 1. The standard InChI is InChI=1S/C25H30N4O2S2/c1-18-4-2-10-29(15-18)16-20-8-6-19(7-9-20)14-26-23(30)12-21-17-33-25(27-21)28-24(31)13-22-5-3-11-32-22/h3,5-9,11,17-18H,2,4,10,12-16H2,1H3,(H,26,30)(H,27,28,31)/t18-/m1/s1. The van der Waals surface area contributed by atoms with Crippen molar-refractivity contribution >= 4 is 39.6 Å². The number of nitrogens with zero attached hydrogens (tertiary/aromatic N) is 2. The summed E-state index contributed by atoms with van der Waals surface area (Å²) >= 11 is 2.89. The van der Waals surface area contributed by atoms with E-state index in [1.165, 1.54) is 42.8 Å². The Morgan fingerprint density at radius 1 is 1.09 bits per heavy atom. The topological polar surface area (TPSA) is 74.3 Å². The van der Waals surface area contributed by atoms with Crippen LogP contribution in [0.4, 0.5) is 5.13 Å². The third-order valence-electron chi connectivity index (χ3n) is 5.71. The van der Waals surface area contributed by atoms with Gasteiger partial charge in [0.1, 0.15) is 0 Å². The number of hydrogen-bond donors (Lipinski definition) is 2. The quantitative estimate of drug-likeness (QED) is 0.472. The molecule has 1 fully saturated rings. The van der Waals surface area contributed by atoms with E-state index in [0.717, 1.165) is 22.9 Å². The molecule has 1 aliphatic heterocycles. The Balaban J connectivity index is 1.19. The van der Waals surface area contributed by atoms with Gasteiger partial charge in [-0.05, 0) is 47.9 Å². The SMILES string of the molecule is C[C@@H]1CCCN(Cc2ccc(CNC(=O)Cc3csc(NC(=O)Cc4cccs4)n3)cc2)C1. The summed E-state index contributed by atoms with van der Waals surface area (Å²) in [7, 11) is 0. The molecule has 6 nitrogen and oxygen atoms in total. The molecule has 1 saturated heterocycles. The highest BCUT2D eigenvalue weighted by Gasteiger charge is 2.16. The zero-order valence-corrected chi connectivity index (χ0v) is 20.5. The van der Waals surface area contributed by atoms with Gasteiger partial charge in [-0.2, -0.15) is 0 Å². The Kier molecular flexibility index (Phi) is 8.25. The second-order valence-electron chi connectivity index (χ2n) is 8.70. The first-order chi connectivity index (χ1) is 16.0. The highest BCUT2D eigenvalue weighted by atomic mass is 32.1. The molecule has 2 amide bonds. The largest absolute Gasteiger partial charge is 0.352 e. The second kappa shape index (κ2) is 11.5. The molecule has 2 N–H and O–H groups in total. The molecular formula is C25H30N4O2S2. The number of carbonyl (C=O) groups excluding carboxylic acids is 2. The number of benzene rings is 1. The number of anilines is 1. The van der Waals surface area contributed by atoms with Gasteiger partial charge in [-0.15, -0.1) is 22.7 Å². The van der Waals surface area contributed by atoms with Crippen molar-refractivity contribution in [3.63, 3.8) is 0 Å². The number of hydrogen-bond acceptors (Lipinski definition) is 6. The van der Waals surface area contributed by atoms with Crippen molar-refractivity contribution < 1.29 is 9.59 Å². The molecule has 2 aromatic heterocycles. The van der Waals surface area contributed by atoms with E-state index in [-0.39, 0.29) is 18.2 Å². The van der Waals surface area contributed by atoms with Crippen molar-refractivity contribution in [3.8, 4) is 0 Å². The molecule has 0 spiro atoms. The van der Waals surface area contributed by atoms with Gasteiger partial charge >= 0.3 is 0 Å². The Morgan fingerprint density at radius 3 is 2.67 bits per heavy atom. The van der Waals surface area contributed by atoms with Crippen molar-refractivity contribution in [2.45, 2.75) is 45.7 Å². The summed E-state index contributed by atoms with van der Waals surface area (Å²) in [6, 6.07) is 12.4. The average molecular weight is 483 g/mol. The minimum Gasteiger partial charge on any atom is -0.352 e. The molecular weight excluding hydrogens is 452 g/mol. The maximum atomic E-state index is 12.4. The molecule has 3 aromatic rings. The third kappa shape index (κ3) is 7.48. The lowest BCUT2D eigenvalue weighted by molar-refractivity contribution is -0.120. The van der Waals surface area contributed by atoms with Gasteiger partial charge in [0.15, 0.2) is 5.13 Å². The van der Waals surface area contributed by atoms with Crippen LogP contribution in [0.3, 0.4) is 0 Å². The number of amides is 2. The van der Waals surface area contributed by atoms with Gasteiger partial charge in [-0.25, -0.2) is 4.98 Å². The van der Waals surface area contributed by atoms with Gasteiger partial charge in [0, 0.05) is 29.9 Å². The molecule has 1 atom stereocenters. The number of likely N-dealkylation sites (tertiary alicyclic amines) is 1. The molecule has 8 heteroatoms. The second-order valence-corrected chi connectivity index (χ2v) is 10.6. The Bertz CT molecular complexity index is 1050. The van der Waals surface area contributed by atoms with Crippen molar-refractivity contribution in [3.05, 3.63) is 68.9 Å². The Labute approximate surface area is 203 Å². The molecule has 174 valence electrons. The fraction of sp³-hybridized carbons (Fsp3) is 0.400. The number of carbonyl (C=O) groups is 2. The first kappa shape index (κ1) is 23.6. The van der Waals surface area contributed by atoms with Crippen LogP contribution in [0.15, 0.2) is 47.2 Å². The van der Waals surface area contributed by atoms with E-state index in [1.54, 1.807) is 11.3 Å². The molecule has 33 heavy (non-hydrogen) atoms. The zero-order chi connectivity index (χ0) is 23.0. The maximum Gasteiger partial charge on any atom is 0.231 e. The van der Waals surface area contributed by atoms with Gasteiger partial charge in [0.05, 0.1) is 18.5 Å². The number of rotatable bonds is 9. The van der Waals surface area contributed by atoms with Crippen LogP contribution >= 0.6 is 22.7 Å². The van der Waals surface area contributed by atoms with E-state index in [0.29, 0.717) is 23.8 Å². The summed E-state index contributed by atoms with van der Waals surface area (Å²) in [5.41, 5.74) is 3.06. The number of thiazole rings is 1. The first-order valence-electron chi connectivity index (χ1n) is 11.4. The minimum atomic E-state index is -0.0963. The van der Waals surface area contributed by atoms with Gasteiger partial charge in [0.2, 0.25) is 11.8 Å². The smallest absolute Gasteiger partial charge is 0.231 e. The van der Waals surface area contributed by atoms with Gasteiger partial charge in [-0.1, -0.05) is 37.3 Å². The Morgan fingerprint density at radius 2 is 1.91 bits per heavy atom. The molecule has 0 saturated carbocycles. The summed E-state index contributed by atoms with van der Waals surface area (Å²) in [5.74, 6) is 0.605. The van der Waals surface area contributed by atoms with E-state index < -0.39 is 0 Å². The molecule has 0 unspecified atom stereocenters. The van der Waals surface area contributed by atoms with Crippen LogP contribution in [0.1, 0.15) is 41.5 Å². The van der Waals surface area contributed by atoms with Gasteiger partial charge in [0.25, 0.3) is 0 Å². The summed E-state index contributed by atoms with van der Waals surface area (Å²) in [6.07, 6.45) is 3.15. The molecule has 0 bridgehead atoms. The predicted molar refractivity (Wildman–Crippen MR) is 134 cm³/mol. The Hall–Kier alpha value is -2.55. The monoisotopic (exact) mass is 482 g/mol. The highest BCUT2D eigenvalue weighted by molar-refractivity contribution is 7.14. The van der Waals surface area contributed by atoms with Crippen molar-refractivity contribution in [1.82, 2.24) is 15.2 Å². The molecule has 3 heterocycles. The van der Waals surface area contributed by atoms with Crippen molar-refractivity contribution in [2.75, 3.05) is 18.4 Å². The average Bonchev–Trinajstić information content (AvgIpc) is 3.45. The predicted octanol–water partition coefficient (Wildman–Crippen LogP) is 4.48. The summed E-state index contributed by atoms with van der Waals surface area (Å²) in [4.78, 5) is 32.4. The highest BCUT2D eigenvalue weighted by Crippen LogP contribution is 2.19. The van der Waals surface area contributed by atoms with Crippen LogP contribution in [0, 0.1) is 5.92 Å². The van der Waals surface area contributed by atoms with Crippen LogP contribution in [0.5, 0.6) is 0 Å². The van der Waals surface area contributed by atoms with Crippen molar-refractivity contribution in [1.29, 1.82) is 0 Å². The number of piperidine rings is 1. The van der Waals surface area contributed by atoms with E-state index in [4.69, 9.17) is 0 Å². The molecule has 1 aromatic carbocycles. The normalized spacial score (nSPS) is 16.5. The lowest BCUT2D eigenvalue weighted by Crippen LogP contribution is -2.33. The van der Waals surface area contributed by atoms with E-state index in [1.807, 2.05) is 22.9 Å². The fourth-order valence-electron chi connectivity index (χ4n) is 4.06. The summed E-state index contributed by atoms with van der Waals surface area (Å²) in [5, 5.41) is 10.1. The van der Waals surface area contributed by atoms with Crippen LogP contribution in [0.2, 0.25) is 0 Å². The van der Waals surface area contributed by atoms with E-state index in [9.17, 15) is 9.59 Å². The molecule has 0 radical (unpaired) electrons. The summed E-state index contributed by atoms with van der Waals surface area (Å²) < 4.78 is 0. The van der Waals surface area contributed by atoms with Crippen molar-refractivity contribution in [2.24, 2.45) is 5.92 Å². The minimum absolute atomic E-state index is 0.0804. The number of nitrogens with one attached hydrogen (secondary N) is 2. The molecule has 4 rings (SSSR count). The van der Waals surface area contributed by atoms with Crippen LogP contribution in [-0.4, -0.2) is 34.8 Å². The van der Waals surface area contributed by atoms with Crippen LogP contribution in [-0.2, 0) is 35.5 Å². The van der Waals surface area contributed by atoms with Crippen LogP contribution < -0.4 is 10.6 Å². The van der Waals surface area contributed by atoms with Gasteiger partial charge in [-0.3, -0.25) is 14.5 Å². The zero-order valence-electron chi connectivity index (χ0n) is 18.9. The van der Waals surface area contributed by atoms with Gasteiger partial charge < -0.3 is 10.6 Å². The maximum absolute atomic E-state index is 12.4. The molecule has 1 aliphatic rings. The van der Waals surface area contributed by atoms with E-state index >= 15 is 0 Å². The molecule has 0 aliphatic carbocycles. The lowest BCUT2D eigenvalue weighted by Gasteiger charge is -2.30. The lowest BCUT2D eigenvalue weighted by atomic mass is 9.99. The number of aromatic nitrogens is 1. The summed E-state index contributed by atoms with van der Waals surface area (Å²) in [6.45, 7) is 6.17. The first-order valence-corrected chi connectivity index (χ1v) is 13.1. The van der Waals surface area contributed by atoms with Crippen LogP contribution in [0.25, 0.3) is 0 Å². The fourth-order valence-corrected chi connectivity index (χ4v) is 5.49.